The van der Waals surface area contributed by atoms with Crippen molar-refractivity contribution in [3.8, 4) is 16.8 Å². The summed E-state index contributed by atoms with van der Waals surface area (Å²) >= 11 is 1.53. The van der Waals surface area contributed by atoms with Gasteiger partial charge in [-0.15, -0.1) is 11.3 Å². The maximum atomic E-state index is 8.56. The van der Waals surface area contributed by atoms with Gasteiger partial charge in [0.15, 0.2) is 0 Å². The van der Waals surface area contributed by atoms with E-state index in [1.165, 1.54) is 11.3 Å². The van der Waals surface area contributed by atoms with Crippen LogP contribution in [0, 0.1) is 11.3 Å². The van der Waals surface area contributed by atoms with Crippen LogP contribution >= 0.6 is 11.3 Å². The zero-order valence-corrected chi connectivity index (χ0v) is 7.45. The molecule has 2 aromatic rings. The van der Waals surface area contributed by atoms with Crippen molar-refractivity contribution in [3.63, 3.8) is 0 Å². The van der Waals surface area contributed by atoms with Gasteiger partial charge in [0, 0.05) is 17.8 Å². The smallest absolute Gasteiger partial charge is 0.141 e. The molecule has 13 heavy (non-hydrogen) atoms. The summed E-state index contributed by atoms with van der Waals surface area (Å²) in [6.07, 6.45) is 3.29. The maximum absolute atomic E-state index is 8.56. The molecular formula is C9H5N3S. The monoisotopic (exact) mass is 187 g/mol. The van der Waals surface area contributed by atoms with Gasteiger partial charge in [-0.3, -0.25) is 4.98 Å². The molecule has 2 rings (SSSR count). The first-order valence-corrected chi connectivity index (χ1v) is 4.54. The van der Waals surface area contributed by atoms with Crippen molar-refractivity contribution in [1.82, 2.24) is 9.97 Å². The van der Waals surface area contributed by atoms with Crippen molar-refractivity contribution in [3.05, 3.63) is 35.5 Å². The molecule has 0 saturated heterocycles. The maximum Gasteiger partial charge on any atom is 0.141 e. The molecule has 2 heterocycles. The van der Waals surface area contributed by atoms with Crippen LogP contribution in [0.15, 0.2) is 29.9 Å². The van der Waals surface area contributed by atoms with Gasteiger partial charge in [0.25, 0.3) is 0 Å². The van der Waals surface area contributed by atoms with E-state index in [-0.39, 0.29) is 0 Å². The number of pyridine rings is 1. The molecule has 0 unspecified atom stereocenters. The van der Waals surface area contributed by atoms with Gasteiger partial charge in [-0.05, 0) is 12.1 Å². The van der Waals surface area contributed by atoms with Crippen LogP contribution in [0.5, 0.6) is 0 Å². The molecule has 0 aromatic carbocycles. The highest BCUT2D eigenvalue weighted by Crippen LogP contribution is 2.18. The predicted molar refractivity (Wildman–Crippen MR) is 50.1 cm³/mol. The lowest BCUT2D eigenvalue weighted by Crippen LogP contribution is -1.82. The van der Waals surface area contributed by atoms with Gasteiger partial charge >= 0.3 is 0 Å². The molecule has 0 spiro atoms. The van der Waals surface area contributed by atoms with E-state index in [1.54, 1.807) is 24.5 Å². The average Bonchev–Trinajstić information content (AvgIpc) is 2.71. The highest BCUT2D eigenvalue weighted by molar-refractivity contribution is 7.13. The molecular weight excluding hydrogens is 182 g/mol. The number of nitrogens with zero attached hydrogens (tertiary/aromatic N) is 3. The third-order valence-corrected chi connectivity index (χ3v) is 2.34. The average molecular weight is 187 g/mol. The lowest BCUT2D eigenvalue weighted by Gasteiger charge is -1.93. The first kappa shape index (κ1) is 7.90. The van der Waals surface area contributed by atoms with Gasteiger partial charge in [0.2, 0.25) is 0 Å². The molecule has 62 valence electrons. The molecule has 0 amide bonds. The topological polar surface area (TPSA) is 49.6 Å². The Balaban J connectivity index is 2.40. The number of hydrogen-bond acceptors (Lipinski definition) is 4. The second kappa shape index (κ2) is 3.33. The van der Waals surface area contributed by atoms with E-state index in [1.807, 2.05) is 11.4 Å². The Bertz CT molecular complexity index is 425. The van der Waals surface area contributed by atoms with Crippen molar-refractivity contribution >= 4 is 11.3 Å². The zero-order chi connectivity index (χ0) is 9.10. The predicted octanol–water partition coefficient (Wildman–Crippen LogP) is 2.08. The van der Waals surface area contributed by atoms with Crippen molar-refractivity contribution in [2.24, 2.45) is 0 Å². The van der Waals surface area contributed by atoms with Crippen LogP contribution in [-0.2, 0) is 0 Å². The summed E-state index contributed by atoms with van der Waals surface area (Å²) in [5, 5.41) is 11.3. The number of nitriles is 1. The molecule has 0 aliphatic rings. The second-order valence-electron chi connectivity index (χ2n) is 2.38. The van der Waals surface area contributed by atoms with Crippen LogP contribution in [0.1, 0.15) is 5.56 Å². The van der Waals surface area contributed by atoms with Crippen LogP contribution in [0.4, 0.5) is 0 Å². The van der Waals surface area contributed by atoms with Crippen molar-refractivity contribution < 1.29 is 0 Å². The molecule has 0 N–H and O–H groups in total. The van der Waals surface area contributed by atoms with Crippen LogP contribution in [0.3, 0.4) is 0 Å². The van der Waals surface area contributed by atoms with Crippen LogP contribution in [0.2, 0.25) is 0 Å². The van der Waals surface area contributed by atoms with Crippen LogP contribution in [-0.4, -0.2) is 9.97 Å². The van der Waals surface area contributed by atoms with Gasteiger partial charge in [-0.2, -0.15) is 5.26 Å². The molecule has 4 heteroatoms. The largest absolute Gasteiger partial charge is 0.252 e. The Hall–Kier alpha value is -1.73. The number of hydrogen-bond donors (Lipinski definition) is 0. The van der Waals surface area contributed by atoms with Gasteiger partial charge in [0.05, 0.1) is 11.3 Å². The van der Waals surface area contributed by atoms with E-state index in [4.69, 9.17) is 5.26 Å². The van der Waals surface area contributed by atoms with E-state index in [2.05, 4.69) is 9.97 Å². The van der Waals surface area contributed by atoms with Gasteiger partial charge in [-0.1, -0.05) is 0 Å². The molecule has 0 atom stereocenters. The Morgan fingerprint density at radius 1 is 1.31 bits per heavy atom. The lowest BCUT2D eigenvalue weighted by atomic mass is 10.3. The molecule has 0 aliphatic heterocycles. The number of rotatable bonds is 1. The highest BCUT2D eigenvalue weighted by Gasteiger charge is 2.00. The minimum absolute atomic E-state index is 0.570. The van der Waals surface area contributed by atoms with E-state index in [9.17, 15) is 0 Å². The fraction of sp³-hybridized carbons (Fsp3) is 0. The normalized spacial score (nSPS) is 9.46. The Labute approximate surface area is 79.3 Å². The Kier molecular flexibility index (Phi) is 2.02. The summed E-state index contributed by atoms with van der Waals surface area (Å²) in [6, 6.07) is 5.56. The molecule has 2 aromatic heterocycles. The lowest BCUT2D eigenvalue weighted by molar-refractivity contribution is 1.27. The van der Waals surface area contributed by atoms with Crippen LogP contribution < -0.4 is 0 Å². The second-order valence-corrected chi connectivity index (χ2v) is 3.28. The zero-order valence-electron chi connectivity index (χ0n) is 6.64. The first-order valence-electron chi connectivity index (χ1n) is 3.66. The third kappa shape index (κ3) is 1.55. The Morgan fingerprint density at radius 2 is 2.23 bits per heavy atom. The summed E-state index contributed by atoms with van der Waals surface area (Å²) < 4.78 is 0. The molecule has 3 nitrogen and oxygen atoms in total. The van der Waals surface area contributed by atoms with E-state index < -0.39 is 0 Å². The highest BCUT2D eigenvalue weighted by atomic mass is 32.1. The quantitative estimate of drug-likeness (QED) is 0.686. The van der Waals surface area contributed by atoms with Crippen molar-refractivity contribution in [1.29, 1.82) is 5.26 Å². The molecule has 0 bridgehead atoms. The van der Waals surface area contributed by atoms with E-state index in [0.29, 0.717) is 5.56 Å². The molecule has 0 aliphatic carbocycles. The minimum Gasteiger partial charge on any atom is -0.252 e. The summed E-state index contributed by atoms with van der Waals surface area (Å²) in [6.45, 7) is 0. The summed E-state index contributed by atoms with van der Waals surface area (Å²) in [4.78, 5) is 8.23. The van der Waals surface area contributed by atoms with Crippen LogP contribution in [0.25, 0.3) is 10.7 Å². The van der Waals surface area contributed by atoms with Gasteiger partial charge in [0.1, 0.15) is 11.1 Å². The fourth-order valence-corrected chi connectivity index (χ4v) is 1.55. The number of thiazole rings is 1. The van der Waals surface area contributed by atoms with Gasteiger partial charge in [-0.25, -0.2) is 4.98 Å². The molecule has 0 saturated carbocycles. The summed E-state index contributed by atoms with van der Waals surface area (Å²) in [5.41, 5.74) is 1.38. The minimum atomic E-state index is 0.570. The molecule has 0 fully saturated rings. The van der Waals surface area contributed by atoms with Gasteiger partial charge < -0.3 is 0 Å². The number of aromatic nitrogens is 2. The van der Waals surface area contributed by atoms with Crippen molar-refractivity contribution in [2.45, 2.75) is 0 Å². The third-order valence-electron chi connectivity index (χ3n) is 1.54. The fourth-order valence-electron chi connectivity index (χ4n) is 0.936. The van der Waals surface area contributed by atoms with E-state index >= 15 is 0 Å². The van der Waals surface area contributed by atoms with Crippen molar-refractivity contribution in [2.75, 3.05) is 0 Å². The molecule has 0 radical (unpaired) electrons. The first-order chi connectivity index (χ1) is 6.40. The van der Waals surface area contributed by atoms with E-state index in [0.717, 1.165) is 10.7 Å². The summed E-state index contributed by atoms with van der Waals surface area (Å²) in [7, 11) is 0. The SMILES string of the molecule is N#Cc1ccc(-c2nccs2)nc1. The summed E-state index contributed by atoms with van der Waals surface area (Å²) in [5.74, 6) is 0. The Morgan fingerprint density at radius 3 is 2.77 bits per heavy atom. The standard InChI is InChI=1S/C9H5N3S/c10-5-7-1-2-8(12-6-7)9-11-3-4-13-9/h1-4,6H.